The molecule has 1 fully saturated rings. The predicted molar refractivity (Wildman–Crippen MR) is 68.0 cm³/mol. The van der Waals surface area contributed by atoms with Crippen LogP contribution in [-0.2, 0) is 10.0 Å². The molecule has 1 saturated heterocycles. The summed E-state index contributed by atoms with van der Waals surface area (Å²) >= 11 is 0. The molecule has 1 aliphatic heterocycles. The number of amides is 1. The molecule has 1 aliphatic rings. The van der Waals surface area contributed by atoms with E-state index < -0.39 is 21.9 Å². The fourth-order valence-corrected chi connectivity index (χ4v) is 3.43. The lowest BCUT2D eigenvalue weighted by Crippen LogP contribution is -2.35. The number of aromatic carboxylic acids is 1. The van der Waals surface area contributed by atoms with E-state index in [1.165, 1.54) is 16.4 Å². The van der Waals surface area contributed by atoms with E-state index >= 15 is 0 Å². The Kier molecular flexibility index (Phi) is 4.09. The minimum atomic E-state index is -3.18. The van der Waals surface area contributed by atoms with Crippen molar-refractivity contribution in [3.05, 3.63) is 23.7 Å². The third-order valence-electron chi connectivity index (χ3n) is 2.89. The van der Waals surface area contributed by atoms with Gasteiger partial charge in [-0.05, 0) is 18.6 Å². The van der Waals surface area contributed by atoms with E-state index in [9.17, 15) is 18.0 Å². The number of rotatable bonds is 5. The molecule has 1 aromatic rings. The Hall–Kier alpha value is -1.87. The van der Waals surface area contributed by atoms with Gasteiger partial charge >= 0.3 is 5.97 Å². The molecule has 0 radical (unpaired) electrons. The normalized spacial score (nSPS) is 18.0. The van der Waals surface area contributed by atoms with Gasteiger partial charge < -0.3 is 14.8 Å². The van der Waals surface area contributed by atoms with Gasteiger partial charge in [-0.25, -0.2) is 17.5 Å². The van der Waals surface area contributed by atoms with Gasteiger partial charge in [0.1, 0.15) is 0 Å². The summed E-state index contributed by atoms with van der Waals surface area (Å²) < 4.78 is 29.2. The lowest BCUT2D eigenvalue weighted by Gasteiger charge is -2.13. The first-order valence-electron chi connectivity index (χ1n) is 5.99. The van der Waals surface area contributed by atoms with Gasteiger partial charge in [0.15, 0.2) is 5.76 Å². The summed E-state index contributed by atoms with van der Waals surface area (Å²) in [5, 5.41) is 11.1. The molecule has 2 rings (SSSR count). The second-order valence-electron chi connectivity index (χ2n) is 4.29. The topological polar surface area (TPSA) is 117 Å². The van der Waals surface area contributed by atoms with E-state index in [2.05, 4.69) is 5.32 Å². The number of sulfonamides is 1. The minimum absolute atomic E-state index is 0.119. The highest BCUT2D eigenvalue weighted by Gasteiger charge is 2.27. The third-order valence-corrected chi connectivity index (χ3v) is 4.85. The zero-order valence-corrected chi connectivity index (χ0v) is 11.4. The molecule has 2 N–H and O–H groups in total. The van der Waals surface area contributed by atoms with Crippen molar-refractivity contribution in [1.82, 2.24) is 9.62 Å². The largest absolute Gasteiger partial charge is 0.475 e. The molecule has 1 aromatic heterocycles. The summed E-state index contributed by atoms with van der Waals surface area (Å²) in [6.45, 7) is 0.795. The van der Waals surface area contributed by atoms with Crippen LogP contribution in [0.15, 0.2) is 16.5 Å². The van der Waals surface area contributed by atoms with Gasteiger partial charge in [0.05, 0.1) is 5.75 Å². The maximum absolute atomic E-state index is 11.6. The number of hydrogen-bond donors (Lipinski definition) is 2. The van der Waals surface area contributed by atoms with Crippen LogP contribution in [0.2, 0.25) is 0 Å². The molecular weight excluding hydrogens is 288 g/mol. The van der Waals surface area contributed by atoms with Crippen molar-refractivity contribution in [2.24, 2.45) is 0 Å². The molecule has 110 valence electrons. The van der Waals surface area contributed by atoms with Gasteiger partial charge in [0.2, 0.25) is 15.8 Å². The molecule has 0 bridgehead atoms. The van der Waals surface area contributed by atoms with E-state index in [0.29, 0.717) is 13.0 Å². The second kappa shape index (κ2) is 5.63. The van der Waals surface area contributed by atoms with Gasteiger partial charge in [-0.1, -0.05) is 0 Å². The first-order valence-corrected chi connectivity index (χ1v) is 7.60. The number of carboxylic acids is 1. The summed E-state index contributed by atoms with van der Waals surface area (Å²) in [5.74, 6) is -2.13. The highest BCUT2D eigenvalue weighted by Crippen LogP contribution is 2.12. The van der Waals surface area contributed by atoms with Crippen molar-refractivity contribution >= 4 is 21.9 Å². The zero-order chi connectivity index (χ0) is 14.8. The zero-order valence-electron chi connectivity index (χ0n) is 10.5. The third kappa shape index (κ3) is 3.17. The number of nitrogens with one attached hydrogen (secondary N) is 1. The molecule has 0 unspecified atom stereocenters. The highest BCUT2D eigenvalue weighted by atomic mass is 32.2. The fourth-order valence-electron chi connectivity index (χ4n) is 1.90. The van der Waals surface area contributed by atoms with Crippen molar-refractivity contribution in [3.63, 3.8) is 0 Å². The Morgan fingerprint density at radius 2 is 2.05 bits per heavy atom. The maximum atomic E-state index is 11.6. The van der Waals surface area contributed by atoms with Gasteiger partial charge in [-0.3, -0.25) is 4.79 Å². The van der Waals surface area contributed by atoms with Crippen molar-refractivity contribution in [2.45, 2.75) is 6.42 Å². The van der Waals surface area contributed by atoms with Gasteiger partial charge in [-0.15, -0.1) is 0 Å². The Labute approximate surface area is 115 Å². The van der Waals surface area contributed by atoms with Crippen LogP contribution in [-0.4, -0.2) is 55.1 Å². The lowest BCUT2D eigenvalue weighted by atomic mass is 10.4. The van der Waals surface area contributed by atoms with Crippen molar-refractivity contribution in [1.29, 1.82) is 0 Å². The maximum Gasteiger partial charge on any atom is 0.371 e. The summed E-state index contributed by atoms with van der Waals surface area (Å²) in [5.41, 5.74) is 0. The van der Waals surface area contributed by atoms with Crippen LogP contribution in [0.1, 0.15) is 27.5 Å². The van der Waals surface area contributed by atoms with Crippen LogP contribution in [0.4, 0.5) is 0 Å². The van der Waals surface area contributed by atoms with Crippen LogP contribution in [0.5, 0.6) is 0 Å². The van der Waals surface area contributed by atoms with Crippen LogP contribution >= 0.6 is 0 Å². The van der Waals surface area contributed by atoms with Gasteiger partial charge in [0.25, 0.3) is 5.91 Å². The molecule has 0 spiro atoms. The quantitative estimate of drug-likeness (QED) is 0.774. The number of nitrogens with zero attached hydrogens (tertiary/aromatic N) is 1. The summed E-state index contributed by atoms with van der Waals surface area (Å²) in [4.78, 5) is 22.2. The SMILES string of the molecule is O=C(O)c1ccc(C(=O)NCCN2CCCS2(=O)=O)o1. The first kappa shape index (κ1) is 14.5. The van der Waals surface area contributed by atoms with E-state index in [4.69, 9.17) is 9.52 Å². The average molecular weight is 302 g/mol. The molecule has 0 aliphatic carbocycles. The Morgan fingerprint density at radius 1 is 1.35 bits per heavy atom. The van der Waals surface area contributed by atoms with Crippen molar-refractivity contribution in [2.75, 3.05) is 25.4 Å². The van der Waals surface area contributed by atoms with Crippen LogP contribution in [0.3, 0.4) is 0 Å². The smallest absolute Gasteiger partial charge is 0.371 e. The van der Waals surface area contributed by atoms with Crippen LogP contribution in [0, 0.1) is 0 Å². The molecular formula is C11H14N2O6S. The predicted octanol–water partition coefficient (Wildman–Crippen LogP) is -0.257. The first-order chi connectivity index (χ1) is 9.40. The fraction of sp³-hybridized carbons (Fsp3) is 0.455. The minimum Gasteiger partial charge on any atom is -0.475 e. The standard InChI is InChI=1S/C11H14N2O6S/c14-10(8-2-3-9(19-8)11(15)16)12-4-6-13-5-1-7-20(13,17)18/h2-3H,1,4-7H2,(H,12,14)(H,15,16). The summed E-state index contributed by atoms with van der Waals surface area (Å²) in [6, 6.07) is 2.44. The molecule has 8 nitrogen and oxygen atoms in total. The van der Waals surface area contributed by atoms with E-state index in [0.717, 1.165) is 0 Å². The van der Waals surface area contributed by atoms with Gasteiger partial charge in [-0.2, -0.15) is 0 Å². The average Bonchev–Trinajstić information content (AvgIpc) is 2.96. The molecule has 1 amide bonds. The number of furan rings is 1. The number of carbonyl (C=O) groups is 2. The van der Waals surface area contributed by atoms with Crippen molar-refractivity contribution in [3.8, 4) is 0 Å². The van der Waals surface area contributed by atoms with E-state index in [1.54, 1.807) is 0 Å². The number of carbonyl (C=O) groups excluding carboxylic acids is 1. The second-order valence-corrected chi connectivity index (χ2v) is 6.38. The highest BCUT2D eigenvalue weighted by molar-refractivity contribution is 7.89. The molecule has 0 saturated carbocycles. The molecule has 20 heavy (non-hydrogen) atoms. The van der Waals surface area contributed by atoms with Crippen LogP contribution in [0.25, 0.3) is 0 Å². The van der Waals surface area contributed by atoms with E-state index in [-0.39, 0.29) is 30.4 Å². The molecule has 0 atom stereocenters. The summed E-state index contributed by atoms with van der Waals surface area (Å²) in [6.07, 6.45) is 0.594. The number of carboxylic acid groups (broad SMARTS) is 1. The lowest BCUT2D eigenvalue weighted by molar-refractivity contribution is 0.0659. The Morgan fingerprint density at radius 3 is 2.60 bits per heavy atom. The molecule has 0 aromatic carbocycles. The molecule has 2 heterocycles. The van der Waals surface area contributed by atoms with Crippen molar-refractivity contribution < 1.29 is 27.5 Å². The van der Waals surface area contributed by atoms with E-state index in [1.807, 2.05) is 0 Å². The monoisotopic (exact) mass is 302 g/mol. The summed E-state index contributed by atoms with van der Waals surface area (Å²) in [7, 11) is -3.18. The van der Waals surface area contributed by atoms with Crippen LogP contribution < -0.4 is 5.32 Å². The Balaban J connectivity index is 1.84. The van der Waals surface area contributed by atoms with Gasteiger partial charge in [0, 0.05) is 19.6 Å². The molecule has 9 heteroatoms. The Bertz CT molecular complexity index is 621. The number of hydrogen-bond acceptors (Lipinski definition) is 5.